The summed E-state index contributed by atoms with van der Waals surface area (Å²) in [7, 11) is 0. The predicted octanol–water partition coefficient (Wildman–Crippen LogP) is 0.605. The monoisotopic (exact) mass is 254 g/mol. The summed E-state index contributed by atoms with van der Waals surface area (Å²) in [4.78, 5) is 0. The normalized spacial score (nSPS) is 16.4. The van der Waals surface area contributed by atoms with Crippen LogP contribution in [0.5, 0.6) is 0 Å². The molecule has 0 saturated carbocycles. The Bertz CT molecular complexity index is 628. The maximum absolute atomic E-state index is 6.16. The molecule has 0 bridgehead atoms. The maximum Gasteiger partial charge on any atom is 0.322 e. The lowest BCUT2D eigenvalue weighted by molar-refractivity contribution is -0.731. The van der Waals surface area contributed by atoms with Crippen LogP contribution >= 0.6 is 0 Å². The van der Waals surface area contributed by atoms with Gasteiger partial charge in [-0.15, -0.1) is 4.68 Å². The first-order valence-electron chi connectivity index (χ1n) is 6.92. The number of nitrogen functional groups attached to an aromatic ring is 1. The lowest BCUT2D eigenvalue weighted by atomic mass is 9.34. The van der Waals surface area contributed by atoms with E-state index in [1.165, 1.54) is 16.8 Å². The quantitative estimate of drug-likeness (QED) is 0.451. The molecular formula is C15H21BN3+. The van der Waals surface area contributed by atoms with Crippen LogP contribution in [0, 0.1) is 0 Å². The molecule has 0 saturated heterocycles. The molecule has 1 aromatic heterocycles. The van der Waals surface area contributed by atoms with Crippen LogP contribution in [0.2, 0.25) is 5.82 Å². The van der Waals surface area contributed by atoms with Crippen LogP contribution in [0.3, 0.4) is 0 Å². The molecule has 4 heteroatoms. The zero-order valence-electron chi connectivity index (χ0n) is 12.1. The number of imidazole rings is 1. The summed E-state index contributed by atoms with van der Waals surface area (Å²) < 4.78 is 4.10. The van der Waals surface area contributed by atoms with Crippen LogP contribution in [-0.4, -0.2) is 11.4 Å². The van der Waals surface area contributed by atoms with E-state index >= 15 is 0 Å². The lowest BCUT2D eigenvalue weighted by Crippen LogP contribution is -2.76. The van der Waals surface area contributed by atoms with Gasteiger partial charge >= 0.3 is 6.71 Å². The predicted molar refractivity (Wildman–Crippen MR) is 79.8 cm³/mol. The highest BCUT2D eigenvalue weighted by molar-refractivity contribution is 6.85. The number of nitrogens with zero attached hydrogens (tertiary/aromatic N) is 2. The highest BCUT2D eigenvalue weighted by Crippen LogP contribution is 2.23. The molecule has 1 aliphatic rings. The van der Waals surface area contributed by atoms with Crippen molar-refractivity contribution < 1.29 is 4.57 Å². The van der Waals surface area contributed by atoms with Crippen LogP contribution in [0.15, 0.2) is 36.7 Å². The van der Waals surface area contributed by atoms with Gasteiger partial charge in [0.25, 0.3) is 0 Å². The summed E-state index contributed by atoms with van der Waals surface area (Å²) in [6, 6.07) is 8.75. The van der Waals surface area contributed by atoms with Crippen molar-refractivity contribution in [1.82, 2.24) is 4.68 Å². The van der Waals surface area contributed by atoms with E-state index in [0.717, 1.165) is 0 Å². The minimum absolute atomic E-state index is 0.0536. The first kappa shape index (κ1) is 12.3. The average molecular weight is 254 g/mol. The second-order valence-electron chi connectivity index (χ2n) is 6.30. The zero-order chi connectivity index (χ0) is 13.8. The molecule has 19 heavy (non-hydrogen) atoms. The van der Waals surface area contributed by atoms with Crippen LogP contribution in [-0.2, 0) is 5.54 Å². The Morgan fingerprint density at radius 3 is 2.63 bits per heavy atom. The second kappa shape index (κ2) is 3.89. The molecule has 2 N–H and O–H groups in total. The first-order chi connectivity index (χ1) is 8.94. The molecule has 0 aliphatic carbocycles. The number of hydrogen-bond donors (Lipinski definition) is 1. The average Bonchev–Trinajstić information content (AvgIpc) is 2.73. The van der Waals surface area contributed by atoms with E-state index in [0.29, 0.717) is 12.5 Å². The SMILES string of the molecule is CC(C)B1c2ccccc2C(C)(C)[n+]2ccn(N)c21. The van der Waals surface area contributed by atoms with E-state index in [1.807, 2.05) is 6.20 Å². The molecule has 2 aromatic rings. The number of benzene rings is 1. The summed E-state index contributed by atoms with van der Waals surface area (Å²) in [5, 5.41) is 0. The van der Waals surface area contributed by atoms with Gasteiger partial charge in [-0.25, -0.2) is 4.57 Å². The van der Waals surface area contributed by atoms with Gasteiger partial charge in [-0.2, -0.15) is 0 Å². The highest BCUT2D eigenvalue weighted by Gasteiger charge is 2.47. The van der Waals surface area contributed by atoms with Gasteiger partial charge in [0.2, 0.25) is 5.72 Å². The molecular weight excluding hydrogens is 233 g/mol. The van der Waals surface area contributed by atoms with Gasteiger partial charge in [0.05, 0.1) is 0 Å². The van der Waals surface area contributed by atoms with Gasteiger partial charge in [0, 0.05) is 0 Å². The summed E-state index contributed by atoms with van der Waals surface area (Å²) >= 11 is 0. The molecule has 98 valence electrons. The second-order valence-corrected chi connectivity index (χ2v) is 6.30. The summed E-state index contributed by atoms with van der Waals surface area (Å²) in [5.41, 5.74) is 3.95. The van der Waals surface area contributed by atoms with Crippen LogP contribution < -0.4 is 21.6 Å². The summed E-state index contributed by atoms with van der Waals surface area (Å²) in [6.07, 6.45) is 4.05. The molecule has 1 aliphatic heterocycles. The fourth-order valence-corrected chi connectivity index (χ4v) is 3.45. The van der Waals surface area contributed by atoms with E-state index in [4.69, 9.17) is 5.84 Å². The highest BCUT2D eigenvalue weighted by atomic mass is 15.3. The fraction of sp³-hybridized carbons (Fsp3) is 0.400. The lowest BCUT2D eigenvalue weighted by Gasteiger charge is -2.34. The van der Waals surface area contributed by atoms with Gasteiger partial charge in [-0.3, -0.25) is 5.84 Å². The van der Waals surface area contributed by atoms with Crippen molar-refractivity contribution in [2.75, 3.05) is 5.84 Å². The molecule has 0 fully saturated rings. The van der Waals surface area contributed by atoms with Gasteiger partial charge < -0.3 is 0 Å². The summed E-state index contributed by atoms with van der Waals surface area (Å²) in [6.45, 7) is 9.38. The Morgan fingerprint density at radius 2 is 1.95 bits per heavy atom. The Hall–Kier alpha value is -1.71. The van der Waals surface area contributed by atoms with Crippen molar-refractivity contribution in [2.45, 2.75) is 39.1 Å². The minimum atomic E-state index is -0.0536. The van der Waals surface area contributed by atoms with Crippen LogP contribution in [0.25, 0.3) is 0 Å². The van der Waals surface area contributed by atoms with E-state index < -0.39 is 0 Å². The van der Waals surface area contributed by atoms with Gasteiger partial charge in [0.1, 0.15) is 11.7 Å². The molecule has 0 atom stereocenters. The maximum atomic E-state index is 6.16. The van der Waals surface area contributed by atoms with Crippen molar-refractivity contribution >= 4 is 17.9 Å². The molecule has 0 radical (unpaired) electrons. The van der Waals surface area contributed by atoms with Crippen molar-refractivity contribution in [2.24, 2.45) is 0 Å². The minimum Gasteiger partial charge on any atom is -0.270 e. The van der Waals surface area contributed by atoms with E-state index in [2.05, 4.69) is 62.7 Å². The molecule has 0 unspecified atom stereocenters. The van der Waals surface area contributed by atoms with Crippen molar-refractivity contribution in [3.05, 3.63) is 42.2 Å². The van der Waals surface area contributed by atoms with E-state index in [1.54, 1.807) is 4.68 Å². The number of hydrogen-bond acceptors (Lipinski definition) is 1. The smallest absolute Gasteiger partial charge is 0.270 e. The molecule has 1 aromatic carbocycles. The molecule has 0 spiro atoms. The third-order valence-corrected chi connectivity index (χ3v) is 4.39. The van der Waals surface area contributed by atoms with Crippen LogP contribution in [0.1, 0.15) is 33.3 Å². The van der Waals surface area contributed by atoms with Crippen molar-refractivity contribution in [3.8, 4) is 0 Å². The van der Waals surface area contributed by atoms with Crippen molar-refractivity contribution in [3.63, 3.8) is 0 Å². The Balaban J connectivity index is 2.35. The number of fused-ring (bicyclic) bond motifs is 2. The first-order valence-corrected chi connectivity index (χ1v) is 6.92. The molecule has 3 rings (SSSR count). The van der Waals surface area contributed by atoms with E-state index in [-0.39, 0.29) is 5.54 Å². The molecule has 0 amide bonds. The Morgan fingerprint density at radius 1 is 1.26 bits per heavy atom. The third kappa shape index (κ3) is 1.55. The molecule has 2 heterocycles. The number of aromatic nitrogens is 2. The van der Waals surface area contributed by atoms with Crippen LogP contribution in [0.4, 0.5) is 0 Å². The number of rotatable bonds is 1. The standard InChI is InChI=1S/C15H21BN3/c1-11(2)16-13-8-6-5-7-12(13)15(3,4)18-9-10-19(17)14(16)18/h5-11H,17H2,1-4H3/q+1. The largest absolute Gasteiger partial charge is 0.322 e. The number of nitrogens with two attached hydrogens (primary N) is 1. The molecule has 3 nitrogen and oxygen atoms in total. The third-order valence-electron chi connectivity index (χ3n) is 4.39. The fourth-order valence-electron chi connectivity index (χ4n) is 3.45. The Kier molecular flexibility index (Phi) is 2.53. The van der Waals surface area contributed by atoms with Gasteiger partial charge in [-0.1, -0.05) is 49.4 Å². The van der Waals surface area contributed by atoms with Gasteiger partial charge in [0.15, 0.2) is 6.20 Å². The van der Waals surface area contributed by atoms with E-state index in [9.17, 15) is 0 Å². The zero-order valence-corrected chi connectivity index (χ0v) is 12.1. The van der Waals surface area contributed by atoms with Gasteiger partial charge in [-0.05, 0) is 19.4 Å². The summed E-state index contributed by atoms with van der Waals surface area (Å²) in [5.74, 6) is 6.68. The topological polar surface area (TPSA) is 34.8 Å². The van der Waals surface area contributed by atoms with Crippen molar-refractivity contribution in [1.29, 1.82) is 0 Å². The Labute approximate surface area is 115 Å².